The third-order valence-corrected chi connectivity index (χ3v) is 5.03. The highest BCUT2D eigenvalue weighted by Crippen LogP contribution is 2.29. The minimum atomic E-state index is 0.0269. The molecule has 0 amide bonds. The molecular weight excluding hydrogens is 348 g/mol. The first-order chi connectivity index (χ1) is 12.5. The van der Waals surface area contributed by atoms with E-state index in [1.165, 1.54) is 17.3 Å². The maximum absolute atomic E-state index is 11.7. The Morgan fingerprint density at radius 1 is 1.19 bits per heavy atom. The van der Waals surface area contributed by atoms with Crippen molar-refractivity contribution in [3.63, 3.8) is 0 Å². The van der Waals surface area contributed by atoms with Crippen LogP contribution in [-0.2, 0) is 5.75 Å². The molecule has 0 N–H and O–H groups in total. The summed E-state index contributed by atoms with van der Waals surface area (Å²) in [6.45, 7) is 5.65. The third kappa shape index (κ3) is 3.77. The van der Waals surface area contributed by atoms with Crippen LogP contribution >= 0.6 is 11.8 Å². The number of nitrogens with zero attached hydrogens (tertiary/aromatic N) is 4. The number of thioether (sulfide) groups is 1. The molecule has 1 heterocycles. The topological polar surface area (TPSA) is 69.9 Å². The average Bonchev–Trinajstić information content (AvgIpc) is 3.07. The number of carbonyl (C=O) groups is 1. The Morgan fingerprint density at radius 2 is 2.00 bits per heavy atom. The predicted molar refractivity (Wildman–Crippen MR) is 101 cm³/mol. The Kier molecular flexibility index (Phi) is 5.37. The molecule has 0 unspecified atom stereocenters. The van der Waals surface area contributed by atoms with Crippen molar-refractivity contribution in [2.24, 2.45) is 0 Å². The van der Waals surface area contributed by atoms with Gasteiger partial charge in [0, 0.05) is 16.9 Å². The Bertz CT molecular complexity index is 952. The summed E-state index contributed by atoms with van der Waals surface area (Å²) < 4.78 is 7.15. The van der Waals surface area contributed by atoms with E-state index in [1.807, 2.05) is 31.2 Å². The van der Waals surface area contributed by atoms with Crippen molar-refractivity contribution in [2.45, 2.75) is 31.7 Å². The number of tetrazole rings is 1. The lowest BCUT2D eigenvalue weighted by molar-refractivity contribution is 0.101. The molecule has 134 valence electrons. The molecule has 2 aromatic carbocycles. The van der Waals surface area contributed by atoms with Crippen LogP contribution in [0.5, 0.6) is 5.75 Å². The Morgan fingerprint density at radius 3 is 2.69 bits per heavy atom. The van der Waals surface area contributed by atoms with Crippen LogP contribution in [0.2, 0.25) is 0 Å². The number of ether oxygens (including phenoxy) is 1. The van der Waals surface area contributed by atoms with Gasteiger partial charge in [0.1, 0.15) is 5.75 Å². The lowest BCUT2D eigenvalue weighted by Crippen LogP contribution is -2.02. The van der Waals surface area contributed by atoms with Crippen LogP contribution < -0.4 is 4.74 Å². The first-order valence-corrected chi connectivity index (χ1v) is 9.15. The summed E-state index contributed by atoms with van der Waals surface area (Å²) >= 11 is 1.50. The molecule has 3 rings (SSSR count). The Labute approximate surface area is 156 Å². The highest BCUT2D eigenvalue weighted by molar-refractivity contribution is 7.98. The number of methoxy groups -OCH3 is 1. The monoisotopic (exact) mass is 368 g/mol. The van der Waals surface area contributed by atoms with Crippen molar-refractivity contribution in [2.75, 3.05) is 7.11 Å². The fourth-order valence-corrected chi connectivity index (χ4v) is 3.58. The zero-order valence-corrected chi connectivity index (χ0v) is 16.0. The van der Waals surface area contributed by atoms with E-state index in [4.69, 9.17) is 4.74 Å². The van der Waals surface area contributed by atoms with Gasteiger partial charge in [-0.25, -0.2) is 0 Å². The van der Waals surface area contributed by atoms with E-state index < -0.39 is 0 Å². The summed E-state index contributed by atoms with van der Waals surface area (Å²) in [5, 5.41) is 12.8. The summed E-state index contributed by atoms with van der Waals surface area (Å²) in [6.07, 6.45) is 0. The molecule has 0 aliphatic rings. The minimum Gasteiger partial charge on any atom is -0.496 e. The van der Waals surface area contributed by atoms with Crippen LogP contribution in [0.4, 0.5) is 0 Å². The zero-order chi connectivity index (χ0) is 18.7. The smallest absolute Gasteiger partial charge is 0.214 e. The van der Waals surface area contributed by atoms with E-state index in [0.717, 1.165) is 22.6 Å². The van der Waals surface area contributed by atoms with Crippen LogP contribution in [0.3, 0.4) is 0 Å². The molecule has 0 aliphatic carbocycles. The number of hydrogen-bond donors (Lipinski definition) is 0. The maximum atomic E-state index is 11.7. The molecule has 0 spiro atoms. The standard InChI is InChI=1S/C19H20N4O2S/c1-12-5-7-17(13(2)9-12)23-19(20-21-22-23)26-11-16-10-15(14(3)24)6-8-18(16)25-4/h5-10H,11H2,1-4H3. The van der Waals surface area contributed by atoms with Crippen LogP contribution in [0.15, 0.2) is 41.6 Å². The molecule has 7 heteroatoms. The number of carbonyl (C=O) groups excluding carboxylic acids is 1. The van der Waals surface area contributed by atoms with Gasteiger partial charge in [-0.1, -0.05) is 29.5 Å². The van der Waals surface area contributed by atoms with Gasteiger partial charge in [-0.3, -0.25) is 4.79 Å². The van der Waals surface area contributed by atoms with Crippen LogP contribution in [0, 0.1) is 13.8 Å². The molecule has 0 aliphatic heterocycles. The molecule has 0 atom stereocenters. The summed E-state index contributed by atoms with van der Waals surface area (Å²) in [4.78, 5) is 11.7. The SMILES string of the molecule is COc1ccc(C(C)=O)cc1CSc1nnnn1-c1ccc(C)cc1C. The van der Waals surface area contributed by atoms with E-state index in [1.54, 1.807) is 24.8 Å². The first kappa shape index (κ1) is 18.1. The predicted octanol–water partition coefficient (Wildman–Crippen LogP) is 3.78. The quantitative estimate of drug-likeness (QED) is 0.487. The number of hydrogen-bond acceptors (Lipinski definition) is 6. The molecule has 0 saturated carbocycles. The van der Waals surface area contributed by atoms with Crippen molar-refractivity contribution >= 4 is 17.5 Å². The molecule has 0 radical (unpaired) electrons. The maximum Gasteiger partial charge on any atom is 0.214 e. The summed E-state index contributed by atoms with van der Waals surface area (Å²) in [5.74, 6) is 1.36. The average molecular weight is 368 g/mol. The fourth-order valence-electron chi connectivity index (χ4n) is 2.72. The van der Waals surface area contributed by atoms with E-state index in [9.17, 15) is 4.79 Å². The number of rotatable bonds is 6. The van der Waals surface area contributed by atoms with Crippen molar-refractivity contribution in [3.8, 4) is 11.4 Å². The first-order valence-electron chi connectivity index (χ1n) is 8.16. The molecule has 6 nitrogen and oxygen atoms in total. The highest BCUT2D eigenvalue weighted by Gasteiger charge is 2.14. The van der Waals surface area contributed by atoms with Gasteiger partial charge in [-0.05, 0) is 61.0 Å². The van der Waals surface area contributed by atoms with Gasteiger partial charge in [-0.2, -0.15) is 4.68 Å². The minimum absolute atomic E-state index is 0.0269. The van der Waals surface area contributed by atoms with Gasteiger partial charge in [-0.15, -0.1) is 5.10 Å². The Hall–Kier alpha value is -2.67. The summed E-state index contributed by atoms with van der Waals surface area (Å²) in [5.41, 5.74) is 4.85. The van der Waals surface area contributed by atoms with Gasteiger partial charge in [0.05, 0.1) is 12.8 Å². The molecule has 0 saturated heterocycles. The van der Waals surface area contributed by atoms with Crippen molar-refractivity contribution in [3.05, 3.63) is 58.7 Å². The third-order valence-electron chi connectivity index (χ3n) is 4.07. The molecule has 3 aromatic rings. The van der Waals surface area contributed by atoms with E-state index in [2.05, 4.69) is 28.5 Å². The van der Waals surface area contributed by atoms with Gasteiger partial charge in [0.2, 0.25) is 5.16 Å². The van der Waals surface area contributed by atoms with Crippen molar-refractivity contribution in [1.29, 1.82) is 0 Å². The Balaban J connectivity index is 1.87. The number of ketones is 1. The van der Waals surface area contributed by atoms with Gasteiger partial charge in [0.25, 0.3) is 0 Å². The van der Waals surface area contributed by atoms with E-state index in [-0.39, 0.29) is 5.78 Å². The number of Topliss-reactive ketones (excluding diaryl/α,β-unsaturated/α-hetero) is 1. The van der Waals surface area contributed by atoms with Gasteiger partial charge in [0.15, 0.2) is 5.78 Å². The largest absolute Gasteiger partial charge is 0.496 e. The van der Waals surface area contributed by atoms with E-state index >= 15 is 0 Å². The zero-order valence-electron chi connectivity index (χ0n) is 15.2. The lowest BCUT2D eigenvalue weighted by atomic mass is 10.1. The number of benzene rings is 2. The van der Waals surface area contributed by atoms with Crippen LogP contribution in [0.25, 0.3) is 5.69 Å². The molecule has 0 fully saturated rings. The molecule has 1 aromatic heterocycles. The second-order valence-corrected chi connectivity index (χ2v) is 6.98. The van der Waals surface area contributed by atoms with E-state index in [0.29, 0.717) is 16.5 Å². The van der Waals surface area contributed by atoms with Crippen LogP contribution in [-0.4, -0.2) is 33.1 Å². The molecule has 26 heavy (non-hydrogen) atoms. The van der Waals surface area contributed by atoms with Gasteiger partial charge >= 0.3 is 0 Å². The summed E-state index contributed by atoms with van der Waals surface area (Å²) in [7, 11) is 1.62. The van der Waals surface area contributed by atoms with Crippen LogP contribution in [0.1, 0.15) is 34.0 Å². The second kappa shape index (κ2) is 7.70. The number of aryl methyl sites for hydroxylation is 2. The normalized spacial score (nSPS) is 10.8. The van der Waals surface area contributed by atoms with Gasteiger partial charge < -0.3 is 4.74 Å². The molecular formula is C19H20N4O2S. The highest BCUT2D eigenvalue weighted by atomic mass is 32.2. The second-order valence-electron chi connectivity index (χ2n) is 6.03. The lowest BCUT2D eigenvalue weighted by Gasteiger charge is -2.11. The fraction of sp³-hybridized carbons (Fsp3) is 0.263. The summed E-state index contributed by atoms with van der Waals surface area (Å²) in [6, 6.07) is 11.6. The molecule has 0 bridgehead atoms. The van der Waals surface area contributed by atoms with Crippen molar-refractivity contribution < 1.29 is 9.53 Å². The number of aromatic nitrogens is 4. The van der Waals surface area contributed by atoms with Crippen molar-refractivity contribution in [1.82, 2.24) is 20.2 Å².